The van der Waals surface area contributed by atoms with Crippen molar-refractivity contribution in [2.24, 2.45) is 0 Å². The van der Waals surface area contributed by atoms with E-state index in [2.05, 4.69) is 10.2 Å². The van der Waals surface area contributed by atoms with Crippen LogP contribution in [0.4, 0.5) is 13.2 Å². The van der Waals surface area contributed by atoms with E-state index in [4.69, 9.17) is 0 Å². The molecule has 1 heterocycles. The minimum absolute atomic E-state index is 0.0179. The van der Waals surface area contributed by atoms with Crippen LogP contribution in [0.5, 0.6) is 0 Å². The number of alkyl halides is 3. The van der Waals surface area contributed by atoms with E-state index in [1.54, 1.807) is 0 Å². The number of hydrogen-bond acceptors (Lipinski definition) is 2. The molecule has 6 heteroatoms. The van der Waals surface area contributed by atoms with Gasteiger partial charge in [-0.2, -0.15) is 13.2 Å². The van der Waals surface area contributed by atoms with Crippen molar-refractivity contribution in [3.63, 3.8) is 0 Å². The van der Waals surface area contributed by atoms with Crippen molar-refractivity contribution in [1.29, 1.82) is 0 Å². The first-order chi connectivity index (χ1) is 11.9. The lowest BCUT2D eigenvalue weighted by atomic mass is 9.89. The van der Waals surface area contributed by atoms with Crippen molar-refractivity contribution >= 4 is 5.91 Å². The van der Waals surface area contributed by atoms with Gasteiger partial charge in [0.1, 0.15) is 0 Å². The molecule has 1 aromatic carbocycles. The number of amides is 1. The van der Waals surface area contributed by atoms with Crippen LogP contribution in [0, 0.1) is 0 Å². The Bertz CT molecular complexity index is 579. The summed E-state index contributed by atoms with van der Waals surface area (Å²) < 4.78 is 37.6. The quantitative estimate of drug-likeness (QED) is 0.873. The number of carbonyl (C=O) groups excluding carboxylic acids is 1. The molecule has 0 aromatic heterocycles. The van der Waals surface area contributed by atoms with Crippen molar-refractivity contribution in [2.75, 3.05) is 13.1 Å². The molecule has 1 atom stereocenters. The fourth-order valence-corrected chi connectivity index (χ4v) is 3.85. The van der Waals surface area contributed by atoms with E-state index in [1.807, 2.05) is 0 Å². The lowest BCUT2D eigenvalue weighted by molar-refractivity contribution is -0.137. The van der Waals surface area contributed by atoms with E-state index >= 15 is 0 Å². The topological polar surface area (TPSA) is 32.3 Å². The highest BCUT2D eigenvalue weighted by Crippen LogP contribution is 2.30. The molecular weight excluding hydrogens is 329 g/mol. The summed E-state index contributed by atoms with van der Waals surface area (Å²) >= 11 is 0. The number of rotatable bonds is 5. The van der Waals surface area contributed by atoms with Gasteiger partial charge in [-0.25, -0.2) is 0 Å². The smallest absolute Gasteiger partial charge is 0.354 e. The summed E-state index contributed by atoms with van der Waals surface area (Å²) in [6.45, 7) is 1.46. The van der Waals surface area contributed by atoms with Crippen LogP contribution >= 0.6 is 0 Å². The maximum atomic E-state index is 12.5. The molecule has 0 radical (unpaired) electrons. The lowest BCUT2D eigenvalue weighted by Crippen LogP contribution is -2.60. The predicted octanol–water partition coefficient (Wildman–Crippen LogP) is 3.77. The summed E-state index contributed by atoms with van der Waals surface area (Å²) in [6.07, 6.45) is 3.33. The van der Waals surface area contributed by atoms with Crippen LogP contribution in [0.2, 0.25) is 0 Å². The normalized spacial score (nSPS) is 22.4. The lowest BCUT2D eigenvalue weighted by Gasteiger charge is -2.46. The first-order valence-corrected chi connectivity index (χ1v) is 9.15. The molecule has 3 nitrogen and oxygen atoms in total. The van der Waals surface area contributed by atoms with Crippen LogP contribution in [0.3, 0.4) is 0 Å². The van der Waals surface area contributed by atoms with Gasteiger partial charge in [0, 0.05) is 19.1 Å². The second-order valence-electron chi connectivity index (χ2n) is 7.07. The summed E-state index contributed by atoms with van der Waals surface area (Å²) in [4.78, 5) is 14.7. The van der Waals surface area contributed by atoms with Crippen molar-refractivity contribution in [2.45, 2.75) is 63.2 Å². The number of likely N-dealkylation sites (tertiary alicyclic amines) is 1. The molecule has 3 rings (SSSR count). The number of carbonyl (C=O) groups is 1. The first kappa shape index (κ1) is 18.2. The Morgan fingerprint density at radius 1 is 1.08 bits per heavy atom. The summed E-state index contributed by atoms with van der Waals surface area (Å²) in [6, 6.07) is 5.67. The number of hydrogen-bond donors (Lipinski definition) is 1. The number of halogens is 3. The average molecular weight is 354 g/mol. The van der Waals surface area contributed by atoms with Crippen LogP contribution in [0.25, 0.3) is 0 Å². The van der Waals surface area contributed by atoms with Crippen molar-refractivity contribution < 1.29 is 18.0 Å². The van der Waals surface area contributed by atoms with Gasteiger partial charge in [-0.1, -0.05) is 31.4 Å². The third-order valence-corrected chi connectivity index (χ3v) is 5.40. The summed E-state index contributed by atoms with van der Waals surface area (Å²) in [5, 5.41) is 2.94. The fraction of sp³-hybridized carbons (Fsp3) is 0.632. The highest BCUT2D eigenvalue weighted by atomic mass is 19.4. The van der Waals surface area contributed by atoms with Gasteiger partial charge in [0.25, 0.3) is 0 Å². The molecule has 25 heavy (non-hydrogen) atoms. The monoisotopic (exact) mass is 354 g/mol. The Labute approximate surface area is 146 Å². The van der Waals surface area contributed by atoms with Gasteiger partial charge in [-0.05, 0) is 43.4 Å². The van der Waals surface area contributed by atoms with Crippen LogP contribution in [-0.2, 0) is 17.4 Å². The molecule has 1 aliphatic carbocycles. The van der Waals surface area contributed by atoms with Crippen LogP contribution in [0.15, 0.2) is 24.3 Å². The van der Waals surface area contributed by atoms with E-state index in [9.17, 15) is 18.0 Å². The number of benzene rings is 1. The molecule has 1 aliphatic heterocycles. The van der Waals surface area contributed by atoms with E-state index in [0.717, 1.165) is 30.7 Å². The van der Waals surface area contributed by atoms with Crippen molar-refractivity contribution in [1.82, 2.24) is 10.2 Å². The zero-order valence-corrected chi connectivity index (χ0v) is 14.3. The molecular formula is C19H25F3N2O. The Balaban J connectivity index is 1.43. The van der Waals surface area contributed by atoms with E-state index in [-0.39, 0.29) is 11.9 Å². The third-order valence-electron chi connectivity index (χ3n) is 5.40. The Morgan fingerprint density at radius 3 is 2.32 bits per heavy atom. The van der Waals surface area contributed by atoms with Gasteiger partial charge in [0.05, 0.1) is 11.6 Å². The molecule has 1 N–H and O–H groups in total. The van der Waals surface area contributed by atoms with Crippen LogP contribution < -0.4 is 5.32 Å². The molecule has 2 fully saturated rings. The van der Waals surface area contributed by atoms with Crippen molar-refractivity contribution in [3.8, 4) is 0 Å². The summed E-state index contributed by atoms with van der Waals surface area (Å²) in [5.74, 6) is 0.0590. The fourth-order valence-electron chi connectivity index (χ4n) is 3.85. The number of nitrogens with one attached hydrogen (secondary N) is 1. The molecule has 0 spiro atoms. The minimum Gasteiger partial charge on any atom is -0.354 e. The standard InChI is InChI=1S/C19H25F3N2O/c20-19(21,22)15-8-6-14(7-9-15)10-12-23-18(25)17-11-13-24(17)16-4-2-1-3-5-16/h6-9,16-17H,1-5,10-13H2,(H,23,25). The first-order valence-electron chi connectivity index (χ1n) is 9.15. The van der Waals surface area contributed by atoms with E-state index < -0.39 is 11.7 Å². The second-order valence-corrected chi connectivity index (χ2v) is 7.07. The average Bonchev–Trinajstić information content (AvgIpc) is 2.54. The van der Waals surface area contributed by atoms with Crippen molar-refractivity contribution in [3.05, 3.63) is 35.4 Å². The van der Waals surface area contributed by atoms with Crippen LogP contribution in [-0.4, -0.2) is 36.0 Å². The second kappa shape index (κ2) is 7.77. The summed E-state index contributed by atoms with van der Waals surface area (Å²) in [5.41, 5.74) is 0.156. The maximum absolute atomic E-state index is 12.5. The Hall–Kier alpha value is -1.56. The number of nitrogens with zero attached hydrogens (tertiary/aromatic N) is 1. The highest BCUT2D eigenvalue weighted by molar-refractivity contribution is 5.82. The molecule has 138 valence electrons. The molecule has 2 aliphatic rings. The van der Waals surface area contributed by atoms with Crippen LogP contribution in [0.1, 0.15) is 49.7 Å². The van der Waals surface area contributed by atoms with Gasteiger partial charge >= 0.3 is 6.18 Å². The zero-order chi connectivity index (χ0) is 17.9. The predicted molar refractivity (Wildman–Crippen MR) is 90.1 cm³/mol. The van der Waals surface area contributed by atoms with E-state index in [1.165, 1.54) is 44.2 Å². The van der Waals surface area contributed by atoms with Gasteiger partial charge < -0.3 is 5.32 Å². The van der Waals surface area contributed by atoms with Gasteiger partial charge in [0.2, 0.25) is 5.91 Å². The van der Waals surface area contributed by atoms with Gasteiger partial charge in [-0.15, -0.1) is 0 Å². The van der Waals surface area contributed by atoms with Gasteiger partial charge in [-0.3, -0.25) is 9.69 Å². The highest BCUT2D eigenvalue weighted by Gasteiger charge is 2.38. The largest absolute Gasteiger partial charge is 0.416 e. The SMILES string of the molecule is O=C(NCCc1ccc(C(F)(F)F)cc1)C1CCN1C1CCCCC1. The third kappa shape index (κ3) is 4.54. The summed E-state index contributed by atoms with van der Waals surface area (Å²) in [7, 11) is 0. The Morgan fingerprint density at radius 2 is 1.76 bits per heavy atom. The maximum Gasteiger partial charge on any atom is 0.416 e. The molecule has 1 amide bonds. The molecule has 0 bridgehead atoms. The van der Waals surface area contributed by atoms with Gasteiger partial charge in [0.15, 0.2) is 0 Å². The van der Waals surface area contributed by atoms with E-state index in [0.29, 0.717) is 19.0 Å². The minimum atomic E-state index is -4.31. The zero-order valence-electron chi connectivity index (χ0n) is 14.3. The molecule has 1 saturated carbocycles. The Kier molecular flexibility index (Phi) is 5.67. The molecule has 1 unspecified atom stereocenters. The molecule has 1 aromatic rings. The molecule has 1 saturated heterocycles.